The Bertz CT molecular complexity index is 338. The Morgan fingerprint density at radius 1 is 1.21 bits per heavy atom. The zero-order chi connectivity index (χ0) is 14.7. The first-order chi connectivity index (χ1) is 8.74. The van der Waals surface area contributed by atoms with Crippen molar-refractivity contribution in [3.8, 4) is 0 Å². The first-order valence-corrected chi connectivity index (χ1v) is 6.80. The van der Waals surface area contributed by atoms with Crippen LogP contribution < -0.4 is 0 Å². The molecular weight excluding hydrogens is 246 g/mol. The second-order valence-corrected chi connectivity index (χ2v) is 6.09. The number of piperidine rings is 1. The lowest BCUT2D eigenvalue weighted by molar-refractivity contribution is -0.156. The lowest BCUT2D eigenvalue weighted by Crippen LogP contribution is -2.48. The van der Waals surface area contributed by atoms with Crippen LogP contribution in [0.2, 0.25) is 0 Å². The molecule has 1 rings (SSSR count). The summed E-state index contributed by atoms with van der Waals surface area (Å²) in [6.07, 6.45) is 1.70. The Hall–Kier alpha value is -1.26. The lowest BCUT2D eigenvalue weighted by atomic mass is 9.76. The van der Waals surface area contributed by atoms with E-state index in [0.29, 0.717) is 25.9 Å². The molecule has 0 unspecified atom stereocenters. The Labute approximate surface area is 115 Å². The molecule has 5 nitrogen and oxygen atoms in total. The second-order valence-electron chi connectivity index (χ2n) is 6.09. The summed E-state index contributed by atoms with van der Waals surface area (Å²) in [4.78, 5) is 25.5. The van der Waals surface area contributed by atoms with Crippen LogP contribution >= 0.6 is 0 Å². The predicted octanol–water partition coefficient (Wildman–Crippen LogP) is 2.59. The zero-order valence-electron chi connectivity index (χ0n) is 12.6. The number of nitrogens with zero attached hydrogens (tertiary/aromatic N) is 1. The Morgan fingerprint density at radius 2 is 1.74 bits per heavy atom. The van der Waals surface area contributed by atoms with E-state index in [4.69, 9.17) is 9.47 Å². The minimum Gasteiger partial charge on any atom is -0.469 e. The first kappa shape index (κ1) is 15.8. The van der Waals surface area contributed by atoms with Gasteiger partial charge in [0.2, 0.25) is 0 Å². The van der Waals surface area contributed by atoms with Crippen LogP contribution in [-0.2, 0) is 14.3 Å². The van der Waals surface area contributed by atoms with Gasteiger partial charge in [-0.3, -0.25) is 4.79 Å². The summed E-state index contributed by atoms with van der Waals surface area (Å²) in [5.74, 6) is -0.168. The van der Waals surface area contributed by atoms with Crippen LogP contribution in [-0.4, -0.2) is 42.8 Å². The van der Waals surface area contributed by atoms with Gasteiger partial charge in [0.15, 0.2) is 0 Å². The normalized spacial score (nSPS) is 18.9. The SMILES string of the molecule is CCC1(C(=O)OC)CCN(C(=O)OC(C)(C)C)CC1. The third-order valence-corrected chi connectivity index (χ3v) is 3.67. The molecule has 1 saturated heterocycles. The molecule has 5 heteroatoms. The van der Waals surface area contributed by atoms with E-state index in [2.05, 4.69) is 0 Å². The molecule has 0 radical (unpaired) electrons. The van der Waals surface area contributed by atoms with Crippen LogP contribution in [0.1, 0.15) is 47.0 Å². The van der Waals surface area contributed by atoms with E-state index in [1.807, 2.05) is 27.7 Å². The van der Waals surface area contributed by atoms with Crippen molar-refractivity contribution in [3.63, 3.8) is 0 Å². The van der Waals surface area contributed by atoms with Crippen LogP contribution in [0.15, 0.2) is 0 Å². The summed E-state index contributed by atoms with van der Waals surface area (Å²) in [6, 6.07) is 0. The van der Waals surface area contributed by atoms with Crippen LogP contribution in [0.5, 0.6) is 0 Å². The monoisotopic (exact) mass is 271 g/mol. The number of rotatable bonds is 2. The van der Waals surface area contributed by atoms with Gasteiger partial charge in [0.05, 0.1) is 12.5 Å². The van der Waals surface area contributed by atoms with Crippen molar-refractivity contribution in [3.05, 3.63) is 0 Å². The zero-order valence-corrected chi connectivity index (χ0v) is 12.6. The summed E-state index contributed by atoms with van der Waals surface area (Å²) in [6.45, 7) is 8.61. The van der Waals surface area contributed by atoms with Crippen LogP contribution in [0.4, 0.5) is 4.79 Å². The molecule has 0 spiro atoms. The van der Waals surface area contributed by atoms with Crippen LogP contribution in [0.25, 0.3) is 0 Å². The van der Waals surface area contributed by atoms with Crippen molar-refractivity contribution >= 4 is 12.1 Å². The van der Waals surface area contributed by atoms with E-state index in [0.717, 1.165) is 6.42 Å². The van der Waals surface area contributed by atoms with Crippen molar-refractivity contribution in [2.75, 3.05) is 20.2 Å². The molecule has 0 atom stereocenters. The average molecular weight is 271 g/mol. The topological polar surface area (TPSA) is 55.8 Å². The maximum Gasteiger partial charge on any atom is 0.410 e. The summed E-state index contributed by atoms with van der Waals surface area (Å²) < 4.78 is 10.2. The van der Waals surface area contributed by atoms with Gasteiger partial charge in [-0.1, -0.05) is 6.92 Å². The number of hydrogen-bond acceptors (Lipinski definition) is 4. The van der Waals surface area contributed by atoms with Gasteiger partial charge in [0.1, 0.15) is 5.60 Å². The molecule has 0 aromatic rings. The number of ether oxygens (including phenoxy) is 2. The van der Waals surface area contributed by atoms with Gasteiger partial charge in [0, 0.05) is 13.1 Å². The van der Waals surface area contributed by atoms with Gasteiger partial charge >= 0.3 is 12.1 Å². The van der Waals surface area contributed by atoms with E-state index in [1.165, 1.54) is 7.11 Å². The van der Waals surface area contributed by atoms with Crippen molar-refractivity contribution in [1.29, 1.82) is 0 Å². The molecule has 0 saturated carbocycles. The third kappa shape index (κ3) is 3.85. The fraction of sp³-hybridized carbons (Fsp3) is 0.857. The number of likely N-dealkylation sites (tertiary alicyclic amines) is 1. The summed E-state index contributed by atoms with van der Waals surface area (Å²) in [7, 11) is 1.42. The van der Waals surface area contributed by atoms with Crippen molar-refractivity contribution < 1.29 is 19.1 Å². The predicted molar refractivity (Wildman–Crippen MR) is 71.8 cm³/mol. The lowest BCUT2D eigenvalue weighted by Gasteiger charge is -2.39. The van der Waals surface area contributed by atoms with Crippen molar-refractivity contribution in [1.82, 2.24) is 4.90 Å². The third-order valence-electron chi connectivity index (χ3n) is 3.67. The first-order valence-electron chi connectivity index (χ1n) is 6.80. The number of methoxy groups -OCH3 is 1. The smallest absolute Gasteiger partial charge is 0.410 e. The quantitative estimate of drug-likeness (QED) is 0.724. The highest BCUT2D eigenvalue weighted by atomic mass is 16.6. The fourth-order valence-corrected chi connectivity index (χ4v) is 2.36. The van der Waals surface area contributed by atoms with Crippen LogP contribution in [0.3, 0.4) is 0 Å². The summed E-state index contributed by atoms with van der Waals surface area (Å²) >= 11 is 0. The molecule has 1 aliphatic heterocycles. The van der Waals surface area contributed by atoms with Crippen LogP contribution in [0, 0.1) is 5.41 Å². The van der Waals surface area contributed by atoms with E-state index < -0.39 is 11.0 Å². The number of amides is 1. The molecule has 0 aliphatic carbocycles. The number of esters is 1. The largest absolute Gasteiger partial charge is 0.469 e. The van der Waals surface area contributed by atoms with E-state index in [1.54, 1.807) is 4.90 Å². The van der Waals surface area contributed by atoms with Crippen molar-refractivity contribution in [2.45, 2.75) is 52.6 Å². The summed E-state index contributed by atoms with van der Waals surface area (Å²) in [5.41, 5.74) is -0.925. The molecular formula is C14H25NO4. The highest BCUT2D eigenvalue weighted by molar-refractivity contribution is 5.77. The summed E-state index contributed by atoms with van der Waals surface area (Å²) in [5, 5.41) is 0. The number of carbonyl (C=O) groups is 2. The molecule has 0 N–H and O–H groups in total. The van der Waals surface area contributed by atoms with E-state index in [9.17, 15) is 9.59 Å². The Balaban J connectivity index is 2.61. The molecule has 19 heavy (non-hydrogen) atoms. The molecule has 0 bridgehead atoms. The molecule has 1 heterocycles. The van der Waals surface area contributed by atoms with Crippen molar-refractivity contribution in [2.24, 2.45) is 5.41 Å². The van der Waals surface area contributed by atoms with Gasteiger partial charge in [-0.25, -0.2) is 4.79 Å². The fourth-order valence-electron chi connectivity index (χ4n) is 2.36. The molecule has 110 valence electrons. The van der Waals surface area contributed by atoms with Gasteiger partial charge < -0.3 is 14.4 Å². The molecule has 1 aliphatic rings. The second kappa shape index (κ2) is 5.80. The Kier molecular flexibility index (Phi) is 4.82. The average Bonchev–Trinajstić information content (AvgIpc) is 2.35. The minimum atomic E-state index is -0.487. The van der Waals surface area contributed by atoms with Gasteiger partial charge in [0.25, 0.3) is 0 Å². The maximum atomic E-state index is 11.9. The number of carbonyl (C=O) groups excluding carboxylic acids is 2. The van der Waals surface area contributed by atoms with E-state index >= 15 is 0 Å². The molecule has 1 fully saturated rings. The van der Waals surface area contributed by atoms with Gasteiger partial charge in [-0.05, 0) is 40.0 Å². The maximum absolute atomic E-state index is 11.9. The van der Waals surface area contributed by atoms with E-state index in [-0.39, 0.29) is 12.1 Å². The minimum absolute atomic E-state index is 0.168. The Morgan fingerprint density at radius 3 is 2.11 bits per heavy atom. The molecule has 1 amide bonds. The van der Waals surface area contributed by atoms with Gasteiger partial charge in [-0.2, -0.15) is 0 Å². The molecule has 0 aromatic heterocycles. The number of hydrogen-bond donors (Lipinski definition) is 0. The molecule has 0 aromatic carbocycles. The highest BCUT2D eigenvalue weighted by Crippen LogP contribution is 2.36. The highest BCUT2D eigenvalue weighted by Gasteiger charge is 2.42. The van der Waals surface area contributed by atoms with Gasteiger partial charge in [-0.15, -0.1) is 0 Å². The standard InChI is InChI=1S/C14H25NO4/c1-6-14(11(16)18-5)7-9-15(10-8-14)12(17)19-13(2,3)4/h6-10H2,1-5H3.